The van der Waals surface area contributed by atoms with Gasteiger partial charge in [0, 0.05) is 25.2 Å². The van der Waals surface area contributed by atoms with E-state index in [2.05, 4.69) is 15.0 Å². The minimum atomic E-state index is -4.43. The Bertz CT molecular complexity index is 665. The highest BCUT2D eigenvalue weighted by atomic mass is 35.5. The van der Waals surface area contributed by atoms with E-state index < -0.39 is 24.5 Å². The number of alkyl halides is 3. The average Bonchev–Trinajstić information content (AvgIpc) is 2.50. The zero-order chi connectivity index (χ0) is 20.2. The fourth-order valence-corrected chi connectivity index (χ4v) is 2.93. The lowest BCUT2D eigenvalue weighted by Gasteiger charge is -2.34. The molecule has 0 radical (unpaired) electrons. The molecule has 1 saturated heterocycles. The second kappa shape index (κ2) is 8.41. The van der Waals surface area contributed by atoms with Crippen LogP contribution in [0.3, 0.4) is 0 Å². The molecule has 152 valence electrons. The number of hydrogen-bond acceptors (Lipinski definition) is 5. The first-order valence-electron chi connectivity index (χ1n) is 8.52. The number of aromatic nitrogens is 1. The van der Waals surface area contributed by atoms with Crippen LogP contribution in [0, 0.1) is 0 Å². The molecule has 1 fully saturated rings. The van der Waals surface area contributed by atoms with Crippen LogP contribution in [0.15, 0.2) is 12.3 Å². The molecule has 0 bridgehead atoms. The van der Waals surface area contributed by atoms with E-state index in [4.69, 9.17) is 16.3 Å². The van der Waals surface area contributed by atoms with Crippen LogP contribution in [0.1, 0.15) is 33.6 Å². The molecule has 0 unspecified atom stereocenters. The number of anilines is 1. The molecule has 1 atom stereocenters. The first-order valence-corrected chi connectivity index (χ1v) is 8.90. The number of halogens is 4. The summed E-state index contributed by atoms with van der Waals surface area (Å²) in [6.45, 7) is 5.08. The molecule has 6 nitrogen and oxygen atoms in total. The molecule has 1 aromatic rings. The van der Waals surface area contributed by atoms with Gasteiger partial charge in [-0.2, -0.15) is 13.2 Å². The minimum absolute atomic E-state index is 0.0542. The van der Waals surface area contributed by atoms with Crippen LogP contribution in [0.4, 0.5) is 23.8 Å². The smallest absolute Gasteiger partial charge is 0.422 e. The maximum absolute atomic E-state index is 12.2. The summed E-state index contributed by atoms with van der Waals surface area (Å²) in [5.41, 5.74) is -0.588. The van der Waals surface area contributed by atoms with Gasteiger partial charge in [-0.3, -0.25) is 0 Å². The zero-order valence-electron chi connectivity index (χ0n) is 15.4. The van der Waals surface area contributed by atoms with Crippen LogP contribution in [0.25, 0.3) is 0 Å². The Kier molecular flexibility index (Phi) is 6.67. The Labute approximate surface area is 161 Å². The molecular weight excluding hydrogens is 387 g/mol. The van der Waals surface area contributed by atoms with Crippen LogP contribution in [0.2, 0.25) is 5.02 Å². The third-order valence-electron chi connectivity index (χ3n) is 3.64. The summed E-state index contributed by atoms with van der Waals surface area (Å²) in [6.07, 6.45) is -2.15. The number of nitrogens with zero attached hydrogens (tertiary/aromatic N) is 2. The van der Waals surface area contributed by atoms with Gasteiger partial charge in [0.25, 0.3) is 0 Å². The number of alkyl carbamates (subject to hydrolysis) is 1. The lowest BCUT2D eigenvalue weighted by atomic mass is 10.1. The number of carbonyl (C=O) groups excluding carboxylic acids is 1. The first kappa shape index (κ1) is 21.4. The van der Waals surface area contributed by atoms with Gasteiger partial charge < -0.3 is 19.7 Å². The topological polar surface area (TPSA) is 63.7 Å². The van der Waals surface area contributed by atoms with E-state index in [1.165, 1.54) is 12.3 Å². The fraction of sp³-hybridized carbons (Fsp3) is 0.647. The van der Waals surface area contributed by atoms with E-state index in [1.807, 2.05) is 4.90 Å². The largest absolute Gasteiger partial charge is 0.482 e. The third kappa shape index (κ3) is 7.32. The predicted molar refractivity (Wildman–Crippen MR) is 95.4 cm³/mol. The standard InChI is InChI=1S/C17H23ClF3N3O3/c1-16(2,3)27-15(25)23-11-5-4-6-24(9-11)14-13(18)7-12(8-22-14)26-10-17(19,20)21/h7-8,11H,4-6,9-10H2,1-3H3,(H,23,25)/t11-/m1/s1. The number of carbonyl (C=O) groups is 1. The highest BCUT2D eigenvalue weighted by Gasteiger charge is 2.29. The van der Waals surface area contributed by atoms with Crippen molar-refractivity contribution in [2.75, 3.05) is 24.6 Å². The predicted octanol–water partition coefficient (Wildman–Crippen LogP) is 4.17. The maximum atomic E-state index is 12.2. The molecule has 1 amide bonds. The average molecular weight is 410 g/mol. The summed E-state index contributed by atoms with van der Waals surface area (Å²) < 4.78 is 46.6. The number of amides is 1. The molecule has 2 rings (SSSR count). The lowest BCUT2D eigenvalue weighted by Crippen LogP contribution is -2.49. The number of rotatable bonds is 4. The van der Waals surface area contributed by atoms with Crippen molar-refractivity contribution in [3.05, 3.63) is 17.3 Å². The van der Waals surface area contributed by atoms with Crippen LogP contribution in [-0.2, 0) is 4.74 Å². The van der Waals surface area contributed by atoms with Gasteiger partial charge in [-0.25, -0.2) is 9.78 Å². The Morgan fingerprint density at radius 1 is 1.41 bits per heavy atom. The molecule has 1 aromatic heterocycles. The normalized spacial score (nSPS) is 18.2. The van der Waals surface area contributed by atoms with Gasteiger partial charge >= 0.3 is 12.3 Å². The van der Waals surface area contributed by atoms with Crippen molar-refractivity contribution in [2.24, 2.45) is 0 Å². The van der Waals surface area contributed by atoms with Crippen molar-refractivity contribution in [2.45, 2.75) is 51.4 Å². The van der Waals surface area contributed by atoms with Gasteiger partial charge in [-0.15, -0.1) is 0 Å². The quantitative estimate of drug-likeness (QED) is 0.808. The second-order valence-corrected chi connectivity index (χ2v) is 7.72. The van der Waals surface area contributed by atoms with Gasteiger partial charge in [0.15, 0.2) is 6.61 Å². The molecule has 27 heavy (non-hydrogen) atoms. The fourth-order valence-electron chi connectivity index (χ4n) is 2.65. The monoisotopic (exact) mass is 409 g/mol. The Balaban J connectivity index is 1.98. The third-order valence-corrected chi connectivity index (χ3v) is 3.92. The minimum Gasteiger partial charge on any atom is -0.482 e. The molecule has 1 aliphatic rings. The van der Waals surface area contributed by atoms with Crippen molar-refractivity contribution in [3.63, 3.8) is 0 Å². The van der Waals surface area contributed by atoms with Crippen LogP contribution < -0.4 is 15.0 Å². The Hall–Kier alpha value is -1.90. The lowest BCUT2D eigenvalue weighted by molar-refractivity contribution is -0.153. The van der Waals surface area contributed by atoms with Crippen molar-refractivity contribution in [3.8, 4) is 5.75 Å². The van der Waals surface area contributed by atoms with E-state index >= 15 is 0 Å². The van der Waals surface area contributed by atoms with Gasteiger partial charge in [0.05, 0.1) is 11.2 Å². The molecule has 1 N–H and O–H groups in total. The Morgan fingerprint density at radius 3 is 2.70 bits per heavy atom. The molecule has 0 aliphatic carbocycles. The summed E-state index contributed by atoms with van der Waals surface area (Å²) in [4.78, 5) is 17.9. The van der Waals surface area contributed by atoms with Gasteiger partial charge in [-0.05, 0) is 33.6 Å². The summed E-state index contributed by atoms with van der Waals surface area (Å²) >= 11 is 6.18. The van der Waals surface area contributed by atoms with Crippen LogP contribution >= 0.6 is 11.6 Å². The molecule has 2 heterocycles. The number of nitrogens with one attached hydrogen (secondary N) is 1. The van der Waals surface area contributed by atoms with Crippen molar-refractivity contribution in [1.29, 1.82) is 0 Å². The van der Waals surface area contributed by atoms with Crippen molar-refractivity contribution in [1.82, 2.24) is 10.3 Å². The molecule has 0 aromatic carbocycles. The number of ether oxygens (including phenoxy) is 2. The van der Waals surface area contributed by atoms with Crippen LogP contribution in [0.5, 0.6) is 5.75 Å². The van der Waals surface area contributed by atoms with Gasteiger partial charge in [-0.1, -0.05) is 11.6 Å². The van der Waals surface area contributed by atoms with Gasteiger partial charge in [0.2, 0.25) is 0 Å². The Morgan fingerprint density at radius 2 is 2.11 bits per heavy atom. The molecule has 0 saturated carbocycles. The summed E-state index contributed by atoms with van der Waals surface area (Å²) in [7, 11) is 0. The molecule has 10 heteroatoms. The van der Waals surface area contributed by atoms with E-state index in [9.17, 15) is 18.0 Å². The highest BCUT2D eigenvalue weighted by molar-refractivity contribution is 6.33. The van der Waals surface area contributed by atoms with Gasteiger partial charge in [0.1, 0.15) is 17.2 Å². The van der Waals surface area contributed by atoms with E-state index in [-0.39, 0.29) is 16.8 Å². The zero-order valence-corrected chi connectivity index (χ0v) is 16.2. The molecule has 0 spiro atoms. The van der Waals surface area contributed by atoms with Crippen molar-refractivity contribution < 1.29 is 27.4 Å². The van der Waals surface area contributed by atoms with Crippen LogP contribution in [-0.4, -0.2) is 48.6 Å². The first-order chi connectivity index (χ1) is 12.4. The summed E-state index contributed by atoms with van der Waals surface area (Å²) in [5, 5.41) is 3.01. The molecule has 1 aliphatic heterocycles. The highest BCUT2D eigenvalue weighted by Crippen LogP contribution is 2.30. The molecular formula is C17H23ClF3N3O3. The summed E-state index contributed by atoms with van der Waals surface area (Å²) in [6, 6.07) is 1.16. The van der Waals surface area contributed by atoms with E-state index in [0.717, 1.165) is 12.8 Å². The summed E-state index contributed by atoms with van der Waals surface area (Å²) in [5.74, 6) is 0.383. The van der Waals surface area contributed by atoms with E-state index in [1.54, 1.807) is 20.8 Å². The SMILES string of the molecule is CC(C)(C)OC(=O)N[C@@H]1CCCN(c2ncc(OCC(F)(F)F)cc2Cl)C1. The maximum Gasteiger partial charge on any atom is 0.422 e. The number of pyridine rings is 1. The van der Waals surface area contributed by atoms with Crippen molar-refractivity contribution >= 4 is 23.5 Å². The van der Waals surface area contributed by atoms with E-state index in [0.29, 0.717) is 18.9 Å². The number of hydrogen-bond donors (Lipinski definition) is 1. The second-order valence-electron chi connectivity index (χ2n) is 7.31. The number of piperidine rings is 1.